The number of rotatable bonds is 14. The van der Waals surface area contributed by atoms with Gasteiger partial charge in [-0.2, -0.15) is 0 Å². The first-order chi connectivity index (χ1) is 28.6. The molecule has 1 aromatic rings. The van der Waals surface area contributed by atoms with Crippen molar-refractivity contribution in [1.82, 2.24) is 10.6 Å². The minimum absolute atomic E-state index is 0.00178. The lowest BCUT2D eigenvalue weighted by Gasteiger charge is -2.71. The molecule has 7 fully saturated rings. The van der Waals surface area contributed by atoms with Gasteiger partial charge in [0, 0.05) is 34.3 Å². The standard InChI is InChI=1S/C45H58N3O12P/c1-40(2,3)59-36(53)13-12-31(47-35(52)20-46)38(54)48-44-22-43(23-44,24-44)18-25-6-8-26(9-7-25)39-58-34-17-30-29-11-10-27-16-28(49)14-15-41(27,4)37(29)32(50)19-42(30,5)45(34,60-39)33(51)21-57-61(55)56/h6-9,14-16,29-32,34,37,39,50H,10-13,17-24,46H2,1-5H3,(H,47,52)(H,48,54)/t29-,30-,31-,32-,34+,37+,39+,41-,42-,43?,44?,45+/m0/s1. The topological polar surface area (TPSA) is 233 Å². The van der Waals surface area contributed by atoms with Crippen LogP contribution in [0.15, 0.2) is 48.1 Å². The lowest BCUT2D eigenvalue weighted by molar-refractivity contribution is -0.204. The Morgan fingerprint density at radius 3 is 2.48 bits per heavy atom. The highest BCUT2D eigenvalue weighted by Gasteiger charge is 2.76. The summed E-state index contributed by atoms with van der Waals surface area (Å²) < 4.78 is 35.3. The number of Topliss-reactive ketones (excluding diaryl/α,β-unsaturated/α-hetero) is 1. The zero-order chi connectivity index (χ0) is 43.9. The number of ketones is 2. The van der Waals surface area contributed by atoms with E-state index < -0.39 is 79.1 Å². The summed E-state index contributed by atoms with van der Waals surface area (Å²) in [6, 6.07) is 6.93. The van der Waals surface area contributed by atoms with Gasteiger partial charge in [-0.25, -0.2) is 0 Å². The summed E-state index contributed by atoms with van der Waals surface area (Å²) >= 11 is 0. The van der Waals surface area contributed by atoms with Crippen molar-refractivity contribution < 1.29 is 57.3 Å². The van der Waals surface area contributed by atoms with Crippen molar-refractivity contribution in [2.75, 3.05) is 13.2 Å². The largest absolute Gasteiger partial charge is 0.566 e. The van der Waals surface area contributed by atoms with Crippen LogP contribution in [0.5, 0.6) is 0 Å². The molecule has 11 atom stereocenters. The van der Waals surface area contributed by atoms with Crippen LogP contribution in [0, 0.1) is 34.0 Å². The number of esters is 1. The van der Waals surface area contributed by atoms with E-state index in [4.69, 9.17) is 24.5 Å². The number of benzene rings is 1. The molecule has 9 rings (SSSR count). The average Bonchev–Trinajstić information content (AvgIpc) is 3.66. The van der Waals surface area contributed by atoms with E-state index in [2.05, 4.69) is 17.6 Å². The third kappa shape index (κ3) is 7.65. The molecule has 0 aromatic heterocycles. The second-order valence-electron chi connectivity index (χ2n) is 20.3. The van der Waals surface area contributed by atoms with E-state index in [0.717, 1.165) is 43.2 Å². The highest BCUT2D eigenvalue weighted by atomic mass is 31.1. The van der Waals surface area contributed by atoms with Gasteiger partial charge in [0.15, 0.2) is 30.1 Å². The van der Waals surface area contributed by atoms with Crippen molar-refractivity contribution in [3.8, 4) is 0 Å². The third-order valence-corrected chi connectivity index (χ3v) is 15.5. The lowest BCUT2D eigenvalue weighted by Crippen LogP contribution is -2.76. The van der Waals surface area contributed by atoms with Crippen LogP contribution in [0.3, 0.4) is 0 Å². The summed E-state index contributed by atoms with van der Waals surface area (Å²) in [4.78, 5) is 76.0. The Balaban J connectivity index is 0.926. The van der Waals surface area contributed by atoms with E-state index in [-0.39, 0.29) is 66.2 Å². The van der Waals surface area contributed by atoms with Gasteiger partial charge in [0.05, 0.1) is 18.8 Å². The van der Waals surface area contributed by atoms with E-state index >= 15 is 0 Å². The number of aliphatic hydroxyl groups is 1. The second-order valence-corrected chi connectivity index (χ2v) is 21.1. The SMILES string of the molecule is CC(C)(C)OC(=O)CC[C@H](NC(=O)CN)C(=O)NC12CC(Cc3ccc([C@@H]4O[C@@H]5C[C@H]6[C@@H]7CCC8=CC(=O)C=C[C@]8(C)[C@H]7[C@@H](O)C[C@]6(C)[C@]5(C(=O)CO[P+](=O)[O-])O4)cc3)(C1)C2. The molecule has 7 aliphatic carbocycles. The number of fused-ring (bicyclic) bond motifs is 7. The molecular formula is C45H58N3O12P. The fourth-order valence-electron chi connectivity index (χ4n) is 13.0. The smallest absolute Gasteiger partial charge is 0.488 e. The number of carbonyl (C=O) groups is 5. The maximum Gasteiger partial charge on any atom is 0.488 e. The van der Waals surface area contributed by atoms with Gasteiger partial charge in [-0.3, -0.25) is 24.0 Å². The molecule has 6 saturated carbocycles. The van der Waals surface area contributed by atoms with Crippen LogP contribution in [-0.2, 0) is 53.7 Å². The van der Waals surface area contributed by atoms with Crippen LogP contribution in [-0.4, -0.2) is 82.6 Å². The molecule has 15 nitrogen and oxygen atoms in total. The number of nitrogens with one attached hydrogen (secondary N) is 2. The molecule has 16 heteroatoms. The average molecular weight is 864 g/mol. The first kappa shape index (κ1) is 43.9. The zero-order valence-electron chi connectivity index (χ0n) is 35.5. The van der Waals surface area contributed by atoms with Gasteiger partial charge < -0.3 is 40.6 Å². The maximum atomic E-state index is 14.3. The first-order valence-electron chi connectivity index (χ1n) is 21.5. The van der Waals surface area contributed by atoms with Gasteiger partial charge in [0.1, 0.15) is 11.6 Å². The lowest BCUT2D eigenvalue weighted by atomic mass is 9.38. The Kier molecular flexibility index (Phi) is 11.2. The van der Waals surface area contributed by atoms with Crippen LogP contribution >= 0.6 is 8.25 Å². The maximum absolute atomic E-state index is 14.3. The Morgan fingerprint density at radius 1 is 1.11 bits per heavy atom. The molecule has 5 N–H and O–H groups in total. The molecule has 61 heavy (non-hydrogen) atoms. The van der Waals surface area contributed by atoms with Crippen molar-refractivity contribution in [3.63, 3.8) is 0 Å². The van der Waals surface area contributed by atoms with E-state index in [1.54, 1.807) is 32.9 Å². The van der Waals surface area contributed by atoms with E-state index in [0.29, 0.717) is 18.4 Å². The van der Waals surface area contributed by atoms with Crippen molar-refractivity contribution >= 4 is 37.6 Å². The normalized spacial score (nSPS) is 38.6. The molecular weight excluding hydrogens is 805 g/mol. The number of carbonyl (C=O) groups excluding carboxylic acids is 5. The predicted octanol–water partition coefficient (Wildman–Crippen LogP) is 3.48. The zero-order valence-corrected chi connectivity index (χ0v) is 36.4. The Bertz CT molecular complexity index is 2060. The molecule has 8 aliphatic rings. The van der Waals surface area contributed by atoms with Gasteiger partial charge >= 0.3 is 14.2 Å². The van der Waals surface area contributed by atoms with Crippen molar-refractivity contribution in [2.45, 2.75) is 140 Å². The molecule has 1 aliphatic heterocycles. The molecule has 0 radical (unpaired) electrons. The number of nitrogens with two attached hydrogens (primary N) is 1. The molecule has 1 saturated heterocycles. The van der Waals surface area contributed by atoms with Gasteiger partial charge in [0.25, 0.3) is 0 Å². The number of aliphatic hydroxyl groups excluding tert-OH is 1. The molecule has 1 aromatic carbocycles. The Hall–Kier alpha value is -3.69. The van der Waals surface area contributed by atoms with Crippen LogP contribution in [0.4, 0.5) is 0 Å². The molecule has 330 valence electrons. The summed E-state index contributed by atoms with van der Waals surface area (Å²) in [5, 5.41) is 17.8. The highest BCUT2D eigenvalue weighted by Crippen LogP contribution is 2.71. The third-order valence-electron chi connectivity index (χ3n) is 15.2. The van der Waals surface area contributed by atoms with Crippen LogP contribution < -0.4 is 21.3 Å². The Labute approximate surface area is 356 Å². The summed E-state index contributed by atoms with van der Waals surface area (Å²) in [7, 11) is -3.30. The number of ether oxygens (including phenoxy) is 3. The molecule has 1 heterocycles. The molecule has 1 unspecified atom stereocenters. The summed E-state index contributed by atoms with van der Waals surface area (Å²) in [6.45, 7) is 8.35. The predicted molar refractivity (Wildman–Crippen MR) is 217 cm³/mol. The summed E-state index contributed by atoms with van der Waals surface area (Å²) in [5.41, 5.74) is 4.29. The van der Waals surface area contributed by atoms with E-state index in [9.17, 15) is 38.5 Å². The van der Waals surface area contributed by atoms with E-state index in [1.165, 1.54) is 0 Å². The van der Waals surface area contributed by atoms with Gasteiger partial charge in [-0.05, 0) is 118 Å². The molecule has 2 bridgehead atoms. The highest BCUT2D eigenvalue weighted by molar-refractivity contribution is 7.30. The molecule has 0 spiro atoms. The van der Waals surface area contributed by atoms with Gasteiger partial charge in [-0.1, -0.05) is 49.8 Å². The number of allylic oxidation sites excluding steroid dienone is 4. The van der Waals surface area contributed by atoms with Gasteiger partial charge in [-0.15, -0.1) is 4.52 Å². The number of hydrogen-bond acceptors (Lipinski definition) is 13. The molecule has 2 amide bonds. The second kappa shape index (κ2) is 15.5. The number of amides is 2. The van der Waals surface area contributed by atoms with Gasteiger partial charge in [0.2, 0.25) is 11.8 Å². The minimum atomic E-state index is -3.30. The fraction of sp³-hybridized carbons (Fsp3) is 0.667. The van der Waals surface area contributed by atoms with Crippen molar-refractivity contribution in [1.29, 1.82) is 0 Å². The van der Waals surface area contributed by atoms with Crippen LogP contribution in [0.25, 0.3) is 0 Å². The Morgan fingerprint density at radius 2 is 1.82 bits per heavy atom. The summed E-state index contributed by atoms with van der Waals surface area (Å²) in [5.74, 6) is -2.14. The summed E-state index contributed by atoms with van der Waals surface area (Å²) in [6.07, 6.45) is 8.03. The minimum Gasteiger partial charge on any atom is -0.566 e. The van der Waals surface area contributed by atoms with Crippen molar-refractivity contribution in [3.05, 3.63) is 59.2 Å². The van der Waals surface area contributed by atoms with Crippen LogP contribution in [0.1, 0.15) is 110 Å². The first-order valence-corrected chi connectivity index (χ1v) is 22.6. The van der Waals surface area contributed by atoms with Crippen molar-refractivity contribution in [2.24, 2.45) is 39.7 Å². The fourth-order valence-corrected chi connectivity index (χ4v) is 13.2. The number of hydrogen-bond donors (Lipinski definition) is 4. The van der Waals surface area contributed by atoms with E-state index in [1.807, 2.05) is 37.3 Å². The monoisotopic (exact) mass is 863 g/mol. The van der Waals surface area contributed by atoms with Crippen LogP contribution in [0.2, 0.25) is 0 Å². The quantitative estimate of drug-likeness (QED) is 0.155.